The zero-order valence-electron chi connectivity index (χ0n) is 8.45. The van der Waals surface area contributed by atoms with E-state index >= 15 is 0 Å². The fourth-order valence-electron chi connectivity index (χ4n) is 2.31. The molecule has 14 heavy (non-hydrogen) atoms. The van der Waals surface area contributed by atoms with Crippen LogP contribution < -0.4 is 5.73 Å². The van der Waals surface area contributed by atoms with Gasteiger partial charge in [-0.15, -0.1) is 0 Å². The molecule has 2 rings (SSSR count). The summed E-state index contributed by atoms with van der Waals surface area (Å²) >= 11 is 1.93. The molecule has 2 N–H and O–H groups in total. The summed E-state index contributed by atoms with van der Waals surface area (Å²) in [6, 6.07) is 0.122. The standard InChI is InChI=1S/C10H18N2OS/c11-9-3-1-2-8(9)10(13)12-4-6-14-7-5-12/h8-9H,1-7,11H2. The zero-order chi connectivity index (χ0) is 9.97. The maximum Gasteiger partial charge on any atom is 0.227 e. The molecule has 2 aliphatic rings. The number of nitrogens with two attached hydrogens (primary N) is 1. The molecule has 0 bridgehead atoms. The second kappa shape index (κ2) is 4.53. The molecular weight excluding hydrogens is 196 g/mol. The van der Waals surface area contributed by atoms with Crippen LogP contribution in [0.1, 0.15) is 19.3 Å². The Morgan fingerprint density at radius 1 is 1.29 bits per heavy atom. The van der Waals surface area contributed by atoms with Gasteiger partial charge in [0.1, 0.15) is 0 Å². The topological polar surface area (TPSA) is 46.3 Å². The van der Waals surface area contributed by atoms with Crippen molar-refractivity contribution >= 4 is 17.7 Å². The summed E-state index contributed by atoms with van der Waals surface area (Å²) in [6.07, 6.45) is 3.16. The van der Waals surface area contributed by atoms with E-state index in [-0.39, 0.29) is 12.0 Å². The molecule has 0 radical (unpaired) electrons. The van der Waals surface area contributed by atoms with Crippen LogP contribution in [0.2, 0.25) is 0 Å². The van der Waals surface area contributed by atoms with Crippen molar-refractivity contribution in [3.8, 4) is 0 Å². The lowest BCUT2D eigenvalue weighted by molar-refractivity contribution is -0.135. The van der Waals surface area contributed by atoms with Gasteiger partial charge in [-0.1, -0.05) is 6.42 Å². The van der Waals surface area contributed by atoms with Crippen molar-refractivity contribution in [3.05, 3.63) is 0 Å². The summed E-state index contributed by atoms with van der Waals surface area (Å²) in [5, 5.41) is 0. The Bertz CT molecular complexity index is 216. The molecule has 2 atom stereocenters. The maximum atomic E-state index is 12.0. The molecule has 1 amide bonds. The lowest BCUT2D eigenvalue weighted by Gasteiger charge is -2.30. The first-order valence-electron chi connectivity index (χ1n) is 5.41. The van der Waals surface area contributed by atoms with Crippen molar-refractivity contribution in [3.63, 3.8) is 0 Å². The van der Waals surface area contributed by atoms with Crippen molar-refractivity contribution in [2.45, 2.75) is 25.3 Å². The van der Waals surface area contributed by atoms with E-state index in [1.165, 1.54) is 0 Å². The molecule has 1 saturated heterocycles. The van der Waals surface area contributed by atoms with Crippen molar-refractivity contribution < 1.29 is 4.79 Å². The third-order valence-corrected chi connectivity index (χ3v) is 4.15. The normalized spacial score (nSPS) is 33.4. The molecule has 2 fully saturated rings. The monoisotopic (exact) mass is 214 g/mol. The largest absolute Gasteiger partial charge is 0.341 e. The highest BCUT2D eigenvalue weighted by molar-refractivity contribution is 7.99. The summed E-state index contributed by atoms with van der Waals surface area (Å²) in [4.78, 5) is 14.1. The summed E-state index contributed by atoms with van der Waals surface area (Å²) in [5.41, 5.74) is 5.93. The lowest BCUT2D eigenvalue weighted by Crippen LogP contribution is -2.45. The third-order valence-electron chi connectivity index (χ3n) is 3.21. The Kier molecular flexibility index (Phi) is 3.34. The number of carbonyl (C=O) groups is 1. The van der Waals surface area contributed by atoms with E-state index in [0.29, 0.717) is 5.91 Å². The van der Waals surface area contributed by atoms with E-state index in [4.69, 9.17) is 5.73 Å². The fraction of sp³-hybridized carbons (Fsp3) is 0.900. The Labute approximate surface area is 89.4 Å². The van der Waals surface area contributed by atoms with Crippen molar-refractivity contribution in [1.82, 2.24) is 4.90 Å². The van der Waals surface area contributed by atoms with Gasteiger partial charge in [-0.3, -0.25) is 4.79 Å². The van der Waals surface area contributed by atoms with Crippen LogP contribution in [0.5, 0.6) is 0 Å². The first-order chi connectivity index (χ1) is 6.79. The summed E-state index contributed by atoms with van der Waals surface area (Å²) < 4.78 is 0. The number of thioether (sulfide) groups is 1. The van der Waals surface area contributed by atoms with Gasteiger partial charge in [0.15, 0.2) is 0 Å². The molecule has 1 saturated carbocycles. The lowest BCUT2D eigenvalue weighted by atomic mass is 10.0. The number of hydrogen-bond acceptors (Lipinski definition) is 3. The van der Waals surface area contributed by atoms with Gasteiger partial charge >= 0.3 is 0 Å². The van der Waals surface area contributed by atoms with E-state index in [1.807, 2.05) is 16.7 Å². The van der Waals surface area contributed by atoms with Crippen LogP contribution in [0.25, 0.3) is 0 Å². The third kappa shape index (κ3) is 2.06. The molecule has 0 aromatic heterocycles. The quantitative estimate of drug-likeness (QED) is 0.698. The van der Waals surface area contributed by atoms with Gasteiger partial charge in [-0.25, -0.2) is 0 Å². The van der Waals surface area contributed by atoms with Gasteiger partial charge in [-0.05, 0) is 12.8 Å². The minimum atomic E-state index is 0.122. The molecule has 4 heteroatoms. The number of carbonyl (C=O) groups excluding carboxylic acids is 1. The highest BCUT2D eigenvalue weighted by Gasteiger charge is 2.33. The van der Waals surface area contributed by atoms with E-state index in [9.17, 15) is 4.79 Å². The average molecular weight is 214 g/mol. The smallest absolute Gasteiger partial charge is 0.227 e. The Morgan fingerprint density at radius 3 is 2.57 bits per heavy atom. The molecular formula is C10H18N2OS. The van der Waals surface area contributed by atoms with Gasteiger partial charge in [-0.2, -0.15) is 11.8 Å². The van der Waals surface area contributed by atoms with Crippen LogP contribution in [0.15, 0.2) is 0 Å². The van der Waals surface area contributed by atoms with E-state index < -0.39 is 0 Å². The van der Waals surface area contributed by atoms with Gasteiger partial charge in [0.25, 0.3) is 0 Å². The van der Waals surface area contributed by atoms with Crippen LogP contribution in [0.4, 0.5) is 0 Å². The van der Waals surface area contributed by atoms with Crippen LogP contribution in [0, 0.1) is 5.92 Å². The zero-order valence-corrected chi connectivity index (χ0v) is 9.26. The van der Waals surface area contributed by atoms with Gasteiger partial charge in [0, 0.05) is 30.6 Å². The number of amides is 1. The Balaban J connectivity index is 1.92. The summed E-state index contributed by atoms with van der Waals surface area (Å²) in [7, 11) is 0. The highest BCUT2D eigenvalue weighted by atomic mass is 32.2. The van der Waals surface area contributed by atoms with Crippen LogP contribution in [0.3, 0.4) is 0 Å². The Hall–Kier alpha value is -0.220. The van der Waals surface area contributed by atoms with Crippen molar-refractivity contribution in [2.24, 2.45) is 11.7 Å². The van der Waals surface area contributed by atoms with Gasteiger partial charge in [0.05, 0.1) is 5.92 Å². The molecule has 0 aromatic carbocycles. The van der Waals surface area contributed by atoms with Crippen LogP contribution in [-0.2, 0) is 4.79 Å². The fourth-order valence-corrected chi connectivity index (χ4v) is 3.22. The first kappa shape index (κ1) is 10.3. The molecule has 80 valence electrons. The van der Waals surface area contributed by atoms with Gasteiger partial charge in [0.2, 0.25) is 5.91 Å². The SMILES string of the molecule is NC1CCCC1C(=O)N1CCSCC1. The predicted octanol–water partition coefficient (Wildman–Crippen LogP) is 0.689. The molecule has 2 unspecified atom stereocenters. The van der Waals surface area contributed by atoms with Crippen molar-refractivity contribution in [1.29, 1.82) is 0 Å². The van der Waals surface area contributed by atoms with E-state index in [1.54, 1.807) is 0 Å². The molecule has 1 aliphatic heterocycles. The second-order valence-electron chi connectivity index (χ2n) is 4.14. The Morgan fingerprint density at radius 2 is 2.00 bits per heavy atom. The number of nitrogens with zero attached hydrogens (tertiary/aromatic N) is 1. The molecule has 1 aliphatic carbocycles. The van der Waals surface area contributed by atoms with Crippen LogP contribution >= 0.6 is 11.8 Å². The first-order valence-corrected chi connectivity index (χ1v) is 6.56. The van der Waals surface area contributed by atoms with E-state index in [0.717, 1.165) is 43.9 Å². The van der Waals surface area contributed by atoms with E-state index in [2.05, 4.69) is 0 Å². The highest BCUT2D eigenvalue weighted by Crippen LogP contribution is 2.26. The van der Waals surface area contributed by atoms with Crippen LogP contribution in [-0.4, -0.2) is 41.4 Å². The second-order valence-corrected chi connectivity index (χ2v) is 5.36. The molecule has 0 spiro atoms. The summed E-state index contributed by atoms with van der Waals surface area (Å²) in [6.45, 7) is 1.85. The average Bonchev–Trinajstić information content (AvgIpc) is 2.65. The molecule has 1 heterocycles. The maximum absolute atomic E-state index is 12.0. The summed E-state index contributed by atoms with van der Waals surface area (Å²) in [5.74, 6) is 2.62. The molecule has 3 nitrogen and oxygen atoms in total. The number of rotatable bonds is 1. The van der Waals surface area contributed by atoms with Crippen molar-refractivity contribution in [2.75, 3.05) is 24.6 Å². The van der Waals surface area contributed by atoms with Gasteiger partial charge < -0.3 is 10.6 Å². The number of hydrogen-bond donors (Lipinski definition) is 1. The minimum absolute atomic E-state index is 0.122. The molecule has 0 aromatic rings. The minimum Gasteiger partial charge on any atom is -0.341 e. The predicted molar refractivity (Wildman–Crippen MR) is 59.2 cm³/mol.